The first-order chi connectivity index (χ1) is 9.36. The molecule has 0 unspecified atom stereocenters. The molecule has 0 aliphatic rings. The lowest BCUT2D eigenvalue weighted by Crippen LogP contribution is -2.25. The van der Waals surface area contributed by atoms with Crippen LogP contribution in [0.2, 0.25) is 0 Å². The minimum absolute atomic E-state index is 0.962. The molecule has 0 atom stereocenters. The maximum atomic E-state index is 3.81. The van der Waals surface area contributed by atoms with Crippen LogP contribution in [0.5, 0.6) is 0 Å². The highest BCUT2D eigenvalue weighted by Gasteiger charge is 2.03. The van der Waals surface area contributed by atoms with Gasteiger partial charge in [0.1, 0.15) is 0 Å². The van der Waals surface area contributed by atoms with Gasteiger partial charge in [-0.25, -0.2) is 0 Å². The zero-order valence-electron chi connectivity index (χ0n) is 12.1. The third kappa shape index (κ3) is 7.49. The molecule has 1 aromatic rings. The zero-order valence-corrected chi connectivity index (χ0v) is 12.1. The van der Waals surface area contributed by atoms with Crippen molar-refractivity contribution in [3.05, 3.63) is 48.6 Å². The van der Waals surface area contributed by atoms with Gasteiger partial charge in [0.2, 0.25) is 0 Å². The van der Waals surface area contributed by atoms with Crippen molar-refractivity contribution in [2.24, 2.45) is 0 Å². The van der Waals surface area contributed by atoms with Gasteiger partial charge in [0.25, 0.3) is 0 Å². The molecule has 1 heteroatoms. The Bertz CT molecular complexity index is 397. The Morgan fingerprint density at radius 3 is 2.53 bits per heavy atom. The van der Waals surface area contributed by atoms with E-state index in [2.05, 4.69) is 60.6 Å². The van der Waals surface area contributed by atoms with Crippen LogP contribution >= 0.6 is 0 Å². The van der Waals surface area contributed by atoms with Crippen molar-refractivity contribution < 1.29 is 0 Å². The second-order valence-electron chi connectivity index (χ2n) is 4.69. The molecular weight excluding hydrogens is 230 g/mol. The Kier molecular flexibility index (Phi) is 8.51. The molecule has 0 bridgehead atoms. The average Bonchev–Trinajstić information content (AvgIpc) is 2.45. The Morgan fingerprint density at radius 2 is 1.84 bits per heavy atom. The summed E-state index contributed by atoms with van der Waals surface area (Å²) in [4.78, 5) is 2.46. The molecule has 0 heterocycles. The first-order valence-corrected chi connectivity index (χ1v) is 7.19. The van der Waals surface area contributed by atoms with Gasteiger partial charge in [0, 0.05) is 32.5 Å². The van der Waals surface area contributed by atoms with Crippen molar-refractivity contribution in [3.8, 4) is 11.8 Å². The highest BCUT2D eigenvalue weighted by atomic mass is 15.1. The summed E-state index contributed by atoms with van der Waals surface area (Å²) in [7, 11) is 0. The molecule has 102 valence electrons. The van der Waals surface area contributed by atoms with Crippen LogP contribution in [0.1, 0.15) is 38.2 Å². The molecule has 19 heavy (non-hydrogen) atoms. The fourth-order valence-electron chi connectivity index (χ4n) is 1.90. The molecule has 0 N–H and O–H groups in total. The van der Waals surface area contributed by atoms with Crippen LogP contribution < -0.4 is 0 Å². The second-order valence-corrected chi connectivity index (χ2v) is 4.69. The maximum absolute atomic E-state index is 3.81. The summed E-state index contributed by atoms with van der Waals surface area (Å²) in [6.07, 6.45) is 6.16. The highest BCUT2D eigenvalue weighted by Crippen LogP contribution is 2.06. The molecule has 0 amide bonds. The Morgan fingerprint density at radius 1 is 1.11 bits per heavy atom. The largest absolute Gasteiger partial charge is 0.298 e. The summed E-state index contributed by atoms with van der Waals surface area (Å²) in [6, 6.07) is 10.6. The molecule has 1 nitrogen and oxygen atoms in total. The minimum atomic E-state index is 0.962. The highest BCUT2D eigenvalue weighted by molar-refractivity contribution is 5.14. The van der Waals surface area contributed by atoms with Crippen LogP contribution in [0.4, 0.5) is 0 Å². The van der Waals surface area contributed by atoms with Crippen molar-refractivity contribution in [1.82, 2.24) is 4.90 Å². The molecule has 0 fully saturated rings. The Labute approximate surface area is 118 Å². The van der Waals surface area contributed by atoms with Gasteiger partial charge in [-0.05, 0) is 18.4 Å². The van der Waals surface area contributed by atoms with Gasteiger partial charge in [-0.2, -0.15) is 0 Å². The maximum Gasteiger partial charge on any atom is 0.0234 e. The molecule has 0 aliphatic heterocycles. The number of unbranched alkanes of at least 4 members (excludes halogenated alkanes) is 1. The SMILES string of the molecule is C=CCCN(CCC#CCCC)Cc1ccccc1. The van der Waals surface area contributed by atoms with Gasteiger partial charge in [0.05, 0.1) is 0 Å². The van der Waals surface area contributed by atoms with E-state index >= 15 is 0 Å². The first-order valence-electron chi connectivity index (χ1n) is 7.19. The number of nitrogens with zero attached hydrogens (tertiary/aromatic N) is 1. The van der Waals surface area contributed by atoms with E-state index in [9.17, 15) is 0 Å². The molecule has 0 saturated carbocycles. The topological polar surface area (TPSA) is 3.24 Å². The third-order valence-electron chi connectivity index (χ3n) is 2.95. The van der Waals surface area contributed by atoms with Gasteiger partial charge < -0.3 is 0 Å². The monoisotopic (exact) mass is 255 g/mol. The molecule has 1 aromatic carbocycles. The molecule has 0 radical (unpaired) electrons. The quantitative estimate of drug-likeness (QED) is 0.495. The number of hydrogen-bond acceptors (Lipinski definition) is 1. The Hall–Kier alpha value is -1.52. The second kappa shape index (κ2) is 10.4. The van der Waals surface area contributed by atoms with E-state index in [-0.39, 0.29) is 0 Å². The molecular formula is C18H25N. The summed E-state index contributed by atoms with van der Waals surface area (Å²) in [5, 5.41) is 0. The lowest BCUT2D eigenvalue weighted by atomic mass is 10.2. The molecule has 1 rings (SSSR count). The summed E-state index contributed by atoms with van der Waals surface area (Å²) in [5.41, 5.74) is 1.37. The van der Waals surface area contributed by atoms with Crippen LogP contribution in [0, 0.1) is 11.8 Å². The van der Waals surface area contributed by atoms with Gasteiger partial charge in [0.15, 0.2) is 0 Å². The number of rotatable bonds is 8. The molecule has 0 spiro atoms. The van der Waals surface area contributed by atoms with E-state index in [1.807, 2.05) is 6.08 Å². The summed E-state index contributed by atoms with van der Waals surface area (Å²) in [6.45, 7) is 9.08. The van der Waals surface area contributed by atoms with E-state index in [1.165, 1.54) is 5.56 Å². The fourth-order valence-corrected chi connectivity index (χ4v) is 1.90. The van der Waals surface area contributed by atoms with E-state index in [4.69, 9.17) is 0 Å². The third-order valence-corrected chi connectivity index (χ3v) is 2.95. The summed E-state index contributed by atoms with van der Waals surface area (Å²) < 4.78 is 0. The van der Waals surface area contributed by atoms with E-state index in [0.29, 0.717) is 0 Å². The summed E-state index contributed by atoms with van der Waals surface area (Å²) >= 11 is 0. The number of benzene rings is 1. The van der Waals surface area contributed by atoms with Crippen LogP contribution in [-0.2, 0) is 6.54 Å². The Balaban J connectivity index is 2.43. The predicted molar refractivity (Wildman–Crippen MR) is 83.8 cm³/mol. The van der Waals surface area contributed by atoms with Crippen LogP contribution in [-0.4, -0.2) is 18.0 Å². The molecule has 0 aromatic heterocycles. The van der Waals surface area contributed by atoms with Crippen molar-refractivity contribution in [2.45, 2.75) is 39.2 Å². The van der Waals surface area contributed by atoms with Gasteiger partial charge in [-0.15, -0.1) is 18.4 Å². The lowest BCUT2D eigenvalue weighted by Gasteiger charge is -2.20. The summed E-state index contributed by atoms with van der Waals surface area (Å²) in [5.74, 6) is 6.48. The number of hydrogen-bond donors (Lipinski definition) is 0. The van der Waals surface area contributed by atoms with Crippen LogP contribution in [0.15, 0.2) is 43.0 Å². The van der Waals surface area contributed by atoms with Crippen LogP contribution in [0.25, 0.3) is 0 Å². The van der Waals surface area contributed by atoms with Crippen LogP contribution in [0.3, 0.4) is 0 Å². The zero-order chi connectivity index (χ0) is 13.8. The van der Waals surface area contributed by atoms with Crippen molar-refractivity contribution >= 4 is 0 Å². The standard InChI is InChI=1S/C18H25N/c1-3-5-7-8-12-16-19(15-6-4-2)17-18-13-10-9-11-14-18/h4,9-11,13-14H,2-3,5-6,12,15-17H2,1H3. The minimum Gasteiger partial charge on any atom is -0.298 e. The smallest absolute Gasteiger partial charge is 0.0234 e. The van der Waals surface area contributed by atoms with E-state index in [1.54, 1.807) is 0 Å². The molecule has 0 aliphatic carbocycles. The van der Waals surface area contributed by atoms with Gasteiger partial charge in [-0.1, -0.05) is 43.3 Å². The predicted octanol–water partition coefficient (Wildman–Crippen LogP) is 4.26. The van der Waals surface area contributed by atoms with Gasteiger partial charge in [-0.3, -0.25) is 4.90 Å². The first kappa shape index (κ1) is 15.5. The normalized spacial score (nSPS) is 10.0. The van der Waals surface area contributed by atoms with Crippen molar-refractivity contribution in [1.29, 1.82) is 0 Å². The molecule has 0 saturated heterocycles. The van der Waals surface area contributed by atoms with E-state index in [0.717, 1.165) is 45.3 Å². The van der Waals surface area contributed by atoms with E-state index < -0.39 is 0 Å². The average molecular weight is 255 g/mol. The lowest BCUT2D eigenvalue weighted by molar-refractivity contribution is 0.277. The van der Waals surface area contributed by atoms with Crippen molar-refractivity contribution in [3.63, 3.8) is 0 Å². The van der Waals surface area contributed by atoms with Crippen molar-refractivity contribution in [2.75, 3.05) is 13.1 Å². The fraction of sp³-hybridized carbons (Fsp3) is 0.444. The van der Waals surface area contributed by atoms with Gasteiger partial charge >= 0.3 is 0 Å².